The van der Waals surface area contributed by atoms with Crippen LogP contribution in [-0.2, 0) is 9.59 Å². The number of pyridine rings is 1. The van der Waals surface area contributed by atoms with Crippen LogP contribution < -0.4 is 16.2 Å². The molecule has 2 aromatic heterocycles. The summed E-state index contributed by atoms with van der Waals surface area (Å²) < 4.78 is 0. The number of H-pyrrole nitrogens is 2. The number of carboxylic acids is 1. The Morgan fingerprint density at radius 1 is 1.21 bits per heavy atom. The van der Waals surface area contributed by atoms with E-state index in [-0.39, 0.29) is 11.5 Å². The van der Waals surface area contributed by atoms with Crippen LogP contribution >= 0.6 is 0 Å². The van der Waals surface area contributed by atoms with Crippen molar-refractivity contribution in [2.75, 3.05) is 5.32 Å². The molecule has 10 nitrogen and oxygen atoms in total. The van der Waals surface area contributed by atoms with E-state index in [4.69, 9.17) is 5.11 Å². The average Bonchev–Trinajstić information content (AvgIpc) is 3.20. The SMILES string of the molecule is CC(=O)NC(C)C(=O)Nc1ccc2[nH]c(=O)c(C(=O)O)cc2c1.c1c[nH]cn1. The van der Waals surface area contributed by atoms with Gasteiger partial charge in [-0.25, -0.2) is 9.78 Å². The molecule has 0 aliphatic carbocycles. The molecule has 1 unspecified atom stereocenters. The molecule has 0 radical (unpaired) electrons. The van der Waals surface area contributed by atoms with Crippen LogP contribution in [0.3, 0.4) is 0 Å². The zero-order valence-corrected chi connectivity index (χ0v) is 15.1. The fraction of sp³-hybridized carbons (Fsp3) is 0.167. The molecule has 0 saturated heterocycles. The number of aromatic nitrogens is 3. The first-order chi connectivity index (χ1) is 13.3. The van der Waals surface area contributed by atoms with Crippen molar-refractivity contribution in [1.82, 2.24) is 20.3 Å². The lowest BCUT2D eigenvalue weighted by atomic mass is 10.1. The molecule has 3 aromatic rings. The molecule has 3 rings (SSSR count). The molecule has 0 fully saturated rings. The van der Waals surface area contributed by atoms with Crippen molar-refractivity contribution in [1.29, 1.82) is 0 Å². The molecule has 0 bridgehead atoms. The van der Waals surface area contributed by atoms with E-state index in [1.165, 1.54) is 26.0 Å². The number of benzene rings is 1. The minimum atomic E-state index is -1.33. The number of hydrogen-bond donors (Lipinski definition) is 5. The molecule has 0 aliphatic rings. The van der Waals surface area contributed by atoms with E-state index in [1.807, 2.05) is 0 Å². The van der Waals surface area contributed by atoms with Crippen LogP contribution in [0.1, 0.15) is 24.2 Å². The Morgan fingerprint density at radius 2 is 1.96 bits per heavy atom. The summed E-state index contributed by atoms with van der Waals surface area (Å²) in [4.78, 5) is 54.3. The number of amides is 2. The third kappa shape index (κ3) is 5.53. The number of carbonyl (C=O) groups excluding carboxylic acids is 2. The molecule has 10 heteroatoms. The van der Waals surface area contributed by atoms with Crippen LogP contribution in [0.15, 0.2) is 47.8 Å². The summed E-state index contributed by atoms with van der Waals surface area (Å²) in [5.41, 5.74) is -0.204. The van der Waals surface area contributed by atoms with Crippen molar-refractivity contribution in [2.24, 2.45) is 0 Å². The summed E-state index contributed by atoms with van der Waals surface area (Å²) in [6.45, 7) is 2.85. The molecule has 2 amide bonds. The minimum Gasteiger partial charge on any atom is -0.477 e. The number of imidazole rings is 1. The molecule has 0 spiro atoms. The van der Waals surface area contributed by atoms with Gasteiger partial charge in [-0.05, 0) is 31.2 Å². The van der Waals surface area contributed by atoms with Crippen LogP contribution in [0.4, 0.5) is 5.69 Å². The van der Waals surface area contributed by atoms with Gasteiger partial charge in [0, 0.05) is 35.9 Å². The second-order valence-corrected chi connectivity index (χ2v) is 5.79. The van der Waals surface area contributed by atoms with Crippen molar-refractivity contribution in [3.05, 3.63) is 58.9 Å². The average molecular weight is 385 g/mol. The van der Waals surface area contributed by atoms with Gasteiger partial charge in [-0.15, -0.1) is 0 Å². The quantitative estimate of drug-likeness (QED) is 0.452. The van der Waals surface area contributed by atoms with Crippen LogP contribution in [0.5, 0.6) is 0 Å². The highest BCUT2D eigenvalue weighted by Gasteiger charge is 2.14. The lowest BCUT2D eigenvalue weighted by Gasteiger charge is -2.13. The summed E-state index contributed by atoms with van der Waals surface area (Å²) in [5.74, 6) is -2.07. The zero-order chi connectivity index (χ0) is 20.7. The Hall–Kier alpha value is -3.95. The fourth-order valence-corrected chi connectivity index (χ4v) is 2.28. The van der Waals surface area contributed by atoms with E-state index >= 15 is 0 Å². The first kappa shape index (κ1) is 20.4. The molecule has 1 aromatic carbocycles. The van der Waals surface area contributed by atoms with Crippen molar-refractivity contribution in [3.63, 3.8) is 0 Å². The second kappa shape index (κ2) is 9.12. The largest absolute Gasteiger partial charge is 0.477 e. The smallest absolute Gasteiger partial charge is 0.341 e. The molecule has 1 atom stereocenters. The second-order valence-electron chi connectivity index (χ2n) is 5.79. The summed E-state index contributed by atoms with van der Waals surface area (Å²) in [6, 6.07) is 5.19. The highest BCUT2D eigenvalue weighted by molar-refractivity contribution is 5.99. The highest BCUT2D eigenvalue weighted by atomic mass is 16.4. The molecular formula is C18H19N5O5. The third-order valence-electron chi connectivity index (χ3n) is 3.56. The molecule has 5 N–H and O–H groups in total. The van der Waals surface area contributed by atoms with Crippen molar-refractivity contribution < 1.29 is 19.5 Å². The summed E-state index contributed by atoms with van der Waals surface area (Å²) in [5, 5.41) is 14.5. The summed E-state index contributed by atoms with van der Waals surface area (Å²) in [6.07, 6.45) is 5.08. The topological polar surface area (TPSA) is 157 Å². The normalized spacial score (nSPS) is 11.1. The van der Waals surface area contributed by atoms with E-state index in [0.717, 1.165) is 0 Å². The van der Waals surface area contributed by atoms with Gasteiger partial charge in [-0.3, -0.25) is 14.4 Å². The zero-order valence-electron chi connectivity index (χ0n) is 15.1. The maximum atomic E-state index is 11.9. The summed E-state index contributed by atoms with van der Waals surface area (Å²) >= 11 is 0. The molecule has 28 heavy (non-hydrogen) atoms. The van der Waals surface area contributed by atoms with Gasteiger partial charge in [-0.2, -0.15) is 0 Å². The van der Waals surface area contributed by atoms with Crippen LogP contribution in [0.2, 0.25) is 0 Å². The van der Waals surface area contributed by atoms with E-state index < -0.39 is 23.5 Å². The lowest BCUT2D eigenvalue weighted by molar-refractivity contribution is -0.124. The van der Waals surface area contributed by atoms with Gasteiger partial charge in [0.2, 0.25) is 11.8 Å². The number of hydrogen-bond acceptors (Lipinski definition) is 5. The van der Waals surface area contributed by atoms with Gasteiger partial charge < -0.3 is 25.7 Å². The maximum absolute atomic E-state index is 11.9. The Labute approximate surface area is 159 Å². The highest BCUT2D eigenvalue weighted by Crippen LogP contribution is 2.17. The predicted molar refractivity (Wildman–Crippen MR) is 102 cm³/mol. The molecular weight excluding hydrogens is 366 g/mol. The first-order valence-corrected chi connectivity index (χ1v) is 8.19. The van der Waals surface area contributed by atoms with Crippen molar-refractivity contribution in [3.8, 4) is 0 Å². The van der Waals surface area contributed by atoms with E-state index in [0.29, 0.717) is 16.6 Å². The lowest BCUT2D eigenvalue weighted by Crippen LogP contribution is -2.40. The number of anilines is 1. The molecule has 2 heterocycles. The van der Waals surface area contributed by atoms with Crippen LogP contribution in [0, 0.1) is 0 Å². The summed E-state index contributed by atoms with van der Waals surface area (Å²) in [7, 11) is 0. The number of nitrogens with one attached hydrogen (secondary N) is 4. The first-order valence-electron chi connectivity index (χ1n) is 8.19. The monoisotopic (exact) mass is 385 g/mol. The van der Waals surface area contributed by atoms with Crippen LogP contribution in [-0.4, -0.2) is 43.9 Å². The Morgan fingerprint density at radius 3 is 2.50 bits per heavy atom. The Kier molecular flexibility index (Phi) is 6.63. The number of carbonyl (C=O) groups is 3. The predicted octanol–water partition coefficient (Wildman–Crippen LogP) is 1.10. The third-order valence-corrected chi connectivity index (χ3v) is 3.56. The van der Waals surface area contributed by atoms with Crippen LogP contribution in [0.25, 0.3) is 10.9 Å². The number of carboxylic acid groups (broad SMARTS) is 1. The number of fused-ring (bicyclic) bond motifs is 1. The van der Waals surface area contributed by atoms with Gasteiger partial charge in [0.05, 0.1) is 6.33 Å². The number of rotatable bonds is 4. The molecule has 0 aliphatic heterocycles. The van der Waals surface area contributed by atoms with Gasteiger partial charge >= 0.3 is 5.97 Å². The van der Waals surface area contributed by atoms with Crippen molar-refractivity contribution >= 4 is 34.4 Å². The van der Waals surface area contributed by atoms with Gasteiger partial charge in [0.1, 0.15) is 11.6 Å². The van der Waals surface area contributed by atoms with E-state index in [9.17, 15) is 19.2 Å². The number of aromatic amines is 2. The molecule has 0 saturated carbocycles. The van der Waals surface area contributed by atoms with Gasteiger partial charge in [0.15, 0.2) is 0 Å². The molecule has 146 valence electrons. The van der Waals surface area contributed by atoms with Gasteiger partial charge in [-0.1, -0.05) is 0 Å². The number of aromatic carboxylic acids is 1. The van der Waals surface area contributed by atoms with Crippen molar-refractivity contribution in [2.45, 2.75) is 19.9 Å². The fourth-order valence-electron chi connectivity index (χ4n) is 2.28. The maximum Gasteiger partial charge on any atom is 0.341 e. The van der Waals surface area contributed by atoms with E-state index in [2.05, 4.69) is 25.6 Å². The standard InChI is InChI=1S/C15H15N3O5.C3H4N2/c1-7(16-8(2)19)13(20)17-10-3-4-12-9(5-10)6-11(15(22)23)14(21)18-12;1-2-5-3-4-1/h3-7H,1-2H3,(H,16,19)(H,17,20)(H,18,21)(H,22,23);1-3H,(H,4,5). The van der Waals surface area contributed by atoms with E-state index in [1.54, 1.807) is 30.9 Å². The Balaban J connectivity index is 0.000000485. The Bertz CT molecular complexity index is 1020. The van der Waals surface area contributed by atoms with Gasteiger partial charge in [0.25, 0.3) is 5.56 Å². The minimum absolute atomic E-state index is 0.324. The number of nitrogens with zero attached hydrogens (tertiary/aromatic N) is 1.